The SMILES string of the molecule is Cc1cccc(NC(=O)c2cc(S(=O)(=O)NCc3ccccc3Cl)ccc2F)c1. The molecule has 0 fully saturated rings. The Morgan fingerprint density at radius 3 is 2.52 bits per heavy atom. The number of carbonyl (C=O) groups is 1. The summed E-state index contributed by atoms with van der Waals surface area (Å²) in [6.07, 6.45) is 0. The summed E-state index contributed by atoms with van der Waals surface area (Å²) in [5.74, 6) is -1.56. The molecule has 0 aliphatic heterocycles. The molecule has 1 amide bonds. The van der Waals surface area contributed by atoms with Crippen LogP contribution in [-0.4, -0.2) is 14.3 Å². The monoisotopic (exact) mass is 432 g/mol. The highest BCUT2D eigenvalue weighted by Crippen LogP contribution is 2.19. The molecule has 8 heteroatoms. The molecule has 3 rings (SSSR count). The fraction of sp³-hybridized carbons (Fsp3) is 0.0952. The molecular formula is C21H18ClFN2O3S. The summed E-state index contributed by atoms with van der Waals surface area (Å²) in [6.45, 7) is 1.82. The number of rotatable bonds is 6. The number of amides is 1. The van der Waals surface area contributed by atoms with Crippen LogP contribution in [0.3, 0.4) is 0 Å². The van der Waals surface area contributed by atoms with Gasteiger partial charge in [0.25, 0.3) is 5.91 Å². The van der Waals surface area contributed by atoms with Crippen LogP contribution in [0.25, 0.3) is 0 Å². The van der Waals surface area contributed by atoms with Crippen LogP contribution in [0.4, 0.5) is 10.1 Å². The van der Waals surface area contributed by atoms with Gasteiger partial charge in [0, 0.05) is 17.3 Å². The van der Waals surface area contributed by atoms with E-state index in [9.17, 15) is 17.6 Å². The first-order chi connectivity index (χ1) is 13.8. The zero-order valence-corrected chi connectivity index (χ0v) is 17.0. The topological polar surface area (TPSA) is 75.3 Å². The molecular weight excluding hydrogens is 415 g/mol. The number of aryl methyl sites for hydroxylation is 1. The summed E-state index contributed by atoms with van der Waals surface area (Å²) in [4.78, 5) is 12.2. The van der Waals surface area contributed by atoms with E-state index in [0.29, 0.717) is 16.3 Å². The van der Waals surface area contributed by atoms with Crippen molar-refractivity contribution >= 4 is 33.2 Å². The first-order valence-electron chi connectivity index (χ1n) is 8.67. The highest BCUT2D eigenvalue weighted by molar-refractivity contribution is 7.89. The molecule has 2 N–H and O–H groups in total. The number of hydrogen-bond donors (Lipinski definition) is 2. The summed E-state index contributed by atoms with van der Waals surface area (Å²) in [6, 6.07) is 16.9. The van der Waals surface area contributed by atoms with E-state index in [1.807, 2.05) is 13.0 Å². The normalized spacial score (nSPS) is 11.3. The Hall–Kier alpha value is -2.74. The summed E-state index contributed by atoms with van der Waals surface area (Å²) in [5, 5.41) is 3.00. The van der Waals surface area contributed by atoms with Crippen molar-refractivity contribution in [3.8, 4) is 0 Å². The van der Waals surface area contributed by atoms with E-state index in [1.165, 1.54) is 0 Å². The lowest BCUT2D eigenvalue weighted by Crippen LogP contribution is -2.24. The van der Waals surface area contributed by atoms with Crippen LogP contribution < -0.4 is 10.0 Å². The van der Waals surface area contributed by atoms with Gasteiger partial charge in [0.05, 0.1) is 10.5 Å². The highest BCUT2D eigenvalue weighted by Gasteiger charge is 2.20. The number of benzene rings is 3. The number of sulfonamides is 1. The minimum atomic E-state index is -3.98. The number of anilines is 1. The zero-order valence-electron chi connectivity index (χ0n) is 15.4. The fourth-order valence-electron chi connectivity index (χ4n) is 2.66. The molecule has 3 aromatic carbocycles. The maximum atomic E-state index is 14.2. The molecule has 0 aromatic heterocycles. The van der Waals surface area contributed by atoms with Gasteiger partial charge in [0.1, 0.15) is 5.82 Å². The van der Waals surface area contributed by atoms with Crippen molar-refractivity contribution in [3.63, 3.8) is 0 Å². The van der Waals surface area contributed by atoms with Crippen molar-refractivity contribution < 1.29 is 17.6 Å². The molecule has 0 radical (unpaired) electrons. The van der Waals surface area contributed by atoms with Gasteiger partial charge in [-0.15, -0.1) is 0 Å². The first-order valence-corrected chi connectivity index (χ1v) is 10.5. The van der Waals surface area contributed by atoms with Crippen LogP contribution in [0, 0.1) is 12.7 Å². The van der Waals surface area contributed by atoms with Crippen molar-refractivity contribution in [1.82, 2.24) is 4.72 Å². The van der Waals surface area contributed by atoms with E-state index in [-0.39, 0.29) is 17.0 Å². The van der Waals surface area contributed by atoms with Crippen molar-refractivity contribution in [2.45, 2.75) is 18.4 Å². The summed E-state index contributed by atoms with van der Waals surface area (Å²) >= 11 is 6.04. The van der Waals surface area contributed by atoms with Gasteiger partial charge in [0.15, 0.2) is 0 Å². The van der Waals surface area contributed by atoms with Crippen molar-refractivity contribution in [2.75, 3.05) is 5.32 Å². The maximum Gasteiger partial charge on any atom is 0.258 e. The summed E-state index contributed by atoms with van der Waals surface area (Å²) in [5.41, 5.74) is 1.63. The van der Waals surface area contributed by atoms with Crippen LogP contribution in [0.15, 0.2) is 71.6 Å². The third-order valence-electron chi connectivity index (χ3n) is 4.18. The van der Waals surface area contributed by atoms with Gasteiger partial charge >= 0.3 is 0 Å². The molecule has 0 unspecified atom stereocenters. The minimum Gasteiger partial charge on any atom is -0.322 e. The Morgan fingerprint density at radius 1 is 1.03 bits per heavy atom. The Kier molecular flexibility index (Phi) is 6.32. The molecule has 3 aromatic rings. The van der Waals surface area contributed by atoms with Crippen molar-refractivity contribution in [2.24, 2.45) is 0 Å². The molecule has 29 heavy (non-hydrogen) atoms. The van der Waals surface area contributed by atoms with Gasteiger partial charge in [0.2, 0.25) is 10.0 Å². The molecule has 0 aliphatic carbocycles. The lowest BCUT2D eigenvalue weighted by Gasteiger charge is -2.11. The number of hydrogen-bond acceptors (Lipinski definition) is 3. The fourth-order valence-corrected chi connectivity index (χ4v) is 3.90. The van der Waals surface area contributed by atoms with Crippen molar-refractivity contribution in [3.05, 3.63) is 94.3 Å². The Balaban J connectivity index is 1.81. The van der Waals surface area contributed by atoms with Crippen LogP contribution >= 0.6 is 11.6 Å². The molecule has 0 spiro atoms. The van der Waals surface area contributed by atoms with Gasteiger partial charge in [-0.3, -0.25) is 4.79 Å². The smallest absolute Gasteiger partial charge is 0.258 e. The lowest BCUT2D eigenvalue weighted by atomic mass is 10.1. The van der Waals surface area contributed by atoms with E-state index in [2.05, 4.69) is 10.0 Å². The summed E-state index contributed by atoms with van der Waals surface area (Å²) in [7, 11) is -3.98. The Bertz CT molecular complexity index is 1170. The summed E-state index contributed by atoms with van der Waals surface area (Å²) < 4.78 is 41.8. The van der Waals surface area contributed by atoms with E-state index in [0.717, 1.165) is 23.8 Å². The lowest BCUT2D eigenvalue weighted by molar-refractivity contribution is 0.102. The largest absolute Gasteiger partial charge is 0.322 e. The third kappa shape index (κ3) is 5.20. The Labute approximate surface area is 173 Å². The van der Waals surface area contributed by atoms with Gasteiger partial charge in [-0.25, -0.2) is 17.5 Å². The highest BCUT2D eigenvalue weighted by atomic mass is 35.5. The van der Waals surface area contributed by atoms with Gasteiger partial charge in [-0.1, -0.05) is 41.9 Å². The molecule has 0 bridgehead atoms. The van der Waals surface area contributed by atoms with E-state index >= 15 is 0 Å². The first kappa shape index (κ1) is 21.0. The van der Waals surface area contributed by atoms with E-state index in [1.54, 1.807) is 42.5 Å². The molecule has 0 atom stereocenters. The second-order valence-corrected chi connectivity index (χ2v) is 8.56. The maximum absolute atomic E-state index is 14.2. The van der Waals surface area contributed by atoms with Crippen molar-refractivity contribution in [1.29, 1.82) is 0 Å². The molecule has 0 aliphatic rings. The predicted molar refractivity (Wildman–Crippen MR) is 111 cm³/mol. The third-order valence-corrected chi connectivity index (χ3v) is 5.95. The number of carbonyl (C=O) groups excluding carboxylic acids is 1. The number of nitrogens with one attached hydrogen (secondary N) is 2. The average Bonchev–Trinajstić information content (AvgIpc) is 2.67. The molecule has 150 valence electrons. The second-order valence-electron chi connectivity index (χ2n) is 6.38. The number of halogens is 2. The molecule has 0 saturated heterocycles. The van der Waals surface area contributed by atoms with E-state index < -0.39 is 21.7 Å². The molecule has 0 heterocycles. The van der Waals surface area contributed by atoms with Gasteiger partial charge in [-0.2, -0.15) is 0 Å². The van der Waals surface area contributed by atoms with Gasteiger partial charge < -0.3 is 5.32 Å². The van der Waals surface area contributed by atoms with Crippen LogP contribution in [-0.2, 0) is 16.6 Å². The minimum absolute atomic E-state index is 0.0375. The standard InChI is InChI=1S/C21H18ClFN2O3S/c1-14-5-4-7-16(11-14)25-21(26)18-12-17(9-10-20(18)23)29(27,28)24-13-15-6-2-3-8-19(15)22/h2-12,24H,13H2,1H3,(H,25,26). The average molecular weight is 433 g/mol. The van der Waals surface area contributed by atoms with Crippen LogP contribution in [0.5, 0.6) is 0 Å². The quantitative estimate of drug-likeness (QED) is 0.601. The Morgan fingerprint density at radius 2 is 1.79 bits per heavy atom. The van der Waals surface area contributed by atoms with Crippen LogP contribution in [0.1, 0.15) is 21.5 Å². The predicted octanol–water partition coefficient (Wildman–Crippen LogP) is 4.52. The van der Waals surface area contributed by atoms with E-state index in [4.69, 9.17) is 11.6 Å². The molecule has 0 saturated carbocycles. The van der Waals surface area contributed by atoms with Gasteiger partial charge in [-0.05, 0) is 54.4 Å². The molecule has 5 nitrogen and oxygen atoms in total. The zero-order chi connectivity index (χ0) is 21.0. The van der Waals surface area contributed by atoms with Crippen LogP contribution in [0.2, 0.25) is 5.02 Å². The second kappa shape index (κ2) is 8.73.